The van der Waals surface area contributed by atoms with Gasteiger partial charge in [0.25, 0.3) is 5.89 Å². The van der Waals surface area contributed by atoms with Crippen molar-refractivity contribution in [3.8, 4) is 0 Å². The lowest BCUT2D eigenvalue weighted by Crippen LogP contribution is -2.04. The molecule has 1 rings (SSSR count). The molecule has 0 radical (unpaired) electrons. The van der Waals surface area contributed by atoms with Gasteiger partial charge in [-0.3, -0.25) is 4.79 Å². The van der Waals surface area contributed by atoms with E-state index in [1.54, 1.807) is 0 Å². The number of hydrogen-bond donors (Lipinski definition) is 0. The third-order valence-corrected chi connectivity index (χ3v) is 1.79. The number of carbonyl (C=O) groups excluding carboxylic acids is 1. The molecule has 1 heterocycles. The minimum atomic E-state index is -0.0700. The highest BCUT2D eigenvalue weighted by Gasteiger charge is 2.17. The maximum atomic E-state index is 11.5. The Morgan fingerprint density at radius 3 is 2.43 bits per heavy atom. The zero-order chi connectivity index (χ0) is 10.7. The summed E-state index contributed by atoms with van der Waals surface area (Å²) in [5.41, 5.74) is 0. The quantitative estimate of drug-likeness (QED) is 0.694. The van der Waals surface area contributed by atoms with Gasteiger partial charge < -0.3 is 4.52 Å². The first kappa shape index (κ1) is 10.9. The van der Waals surface area contributed by atoms with Crippen LogP contribution in [-0.2, 0) is 0 Å². The summed E-state index contributed by atoms with van der Waals surface area (Å²) < 4.78 is 4.88. The lowest BCUT2D eigenvalue weighted by Gasteiger charge is -1.98. The molecule has 0 N–H and O–H groups in total. The lowest BCUT2D eigenvalue weighted by atomic mass is 10.1. The normalized spacial score (nSPS) is 11.3. The average molecular weight is 196 g/mol. The minimum absolute atomic E-state index is 0.0700. The van der Waals surface area contributed by atoms with Crippen molar-refractivity contribution in [2.75, 3.05) is 0 Å². The van der Waals surface area contributed by atoms with Crippen molar-refractivity contribution in [2.24, 2.45) is 5.92 Å². The molecule has 0 aromatic carbocycles. The molecule has 4 nitrogen and oxygen atoms in total. The van der Waals surface area contributed by atoms with Gasteiger partial charge in [-0.05, 0) is 5.92 Å². The smallest absolute Gasteiger partial charge is 0.294 e. The van der Waals surface area contributed by atoms with Gasteiger partial charge >= 0.3 is 0 Å². The van der Waals surface area contributed by atoms with Crippen LogP contribution in [0.4, 0.5) is 0 Å². The van der Waals surface area contributed by atoms with Crippen LogP contribution in [-0.4, -0.2) is 15.9 Å². The Bertz CT molecular complexity index is 316. The Morgan fingerprint density at radius 2 is 2.00 bits per heavy atom. The standard InChI is InChI=1S/C10H16N2O2/c1-6(2)5-8(13)10-11-9(7(3)4)12-14-10/h6-7H,5H2,1-4H3. The molecule has 1 aromatic rings. The van der Waals surface area contributed by atoms with E-state index in [0.717, 1.165) is 0 Å². The number of hydrogen-bond acceptors (Lipinski definition) is 4. The molecule has 0 bridgehead atoms. The first-order valence-corrected chi connectivity index (χ1v) is 4.87. The van der Waals surface area contributed by atoms with Gasteiger partial charge in [0.05, 0.1) is 0 Å². The predicted molar refractivity (Wildman–Crippen MR) is 52.2 cm³/mol. The van der Waals surface area contributed by atoms with Crippen LogP contribution in [0.3, 0.4) is 0 Å². The van der Waals surface area contributed by atoms with E-state index < -0.39 is 0 Å². The van der Waals surface area contributed by atoms with Crippen LogP contribution >= 0.6 is 0 Å². The van der Waals surface area contributed by atoms with E-state index in [0.29, 0.717) is 18.2 Å². The summed E-state index contributed by atoms with van der Waals surface area (Å²) in [7, 11) is 0. The van der Waals surface area contributed by atoms with E-state index in [2.05, 4.69) is 10.1 Å². The number of ketones is 1. The van der Waals surface area contributed by atoms with Crippen LogP contribution in [0.2, 0.25) is 0 Å². The van der Waals surface area contributed by atoms with Crippen LogP contribution in [0.25, 0.3) is 0 Å². The van der Waals surface area contributed by atoms with E-state index in [1.807, 2.05) is 27.7 Å². The molecule has 0 saturated carbocycles. The van der Waals surface area contributed by atoms with E-state index in [-0.39, 0.29) is 17.6 Å². The van der Waals surface area contributed by atoms with Gasteiger partial charge in [-0.15, -0.1) is 0 Å². The molecule has 14 heavy (non-hydrogen) atoms. The maximum absolute atomic E-state index is 11.5. The van der Waals surface area contributed by atoms with Crippen LogP contribution in [0.1, 0.15) is 56.5 Å². The highest BCUT2D eigenvalue weighted by Crippen LogP contribution is 2.12. The Morgan fingerprint density at radius 1 is 1.36 bits per heavy atom. The summed E-state index contributed by atoms with van der Waals surface area (Å²) in [4.78, 5) is 15.5. The molecular weight excluding hydrogens is 180 g/mol. The van der Waals surface area contributed by atoms with Crippen molar-refractivity contribution in [1.82, 2.24) is 10.1 Å². The number of rotatable bonds is 4. The third kappa shape index (κ3) is 2.65. The van der Waals surface area contributed by atoms with Crippen molar-refractivity contribution in [1.29, 1.82) is 0 Å². The molecule has 0 spiro atoms. The summed E-state index contributed by atoms with van der Waals surface area (Å²) in [6.07, 6.45) is 0.458. The average Bonchev–Trinajstić information content (AvgIpc) is 2.50. The van der Waals surface area contributed by atoms with Gasteiger partial charge in [0.2, 0.25) is 5.78 Å². The molecule has 78 valence electrons. The Labute approximate surface area is 83.7 Å². The molecular formula is C10H16N2O2. The van der Waals surface area contributed by atoms with Gasteiger partial charge in [0.1, 0.15) is 0 Å². The highest BCUT2D eigenvalue weighted by atomic mass is 16.5. The zero-order valence-electron chi connectivity index (χ0n) is 9.07. The third-order valence-electron chi connectivity index (χ3n) is 1.79. The number of nitrogens with zero attached hydrogens (tertiary/aromatic N) is 2. The number of Topliss-reactive ketones (excluding diaryl/α,β-unsaturated/α-hetero) is 1. The van der Waals surface area contributed by atoms with Gasteiger partial charge in [0.15, 0.2) is 5.82 Å². The van der Waals surface area contributed by atoms with E-state index >= 15 is 0 Å². The maximum Gasteiger partial charge on any atom is 0.294 e. The molecule has 0 amide bonds. The summed E-state index contributed by atoms with van der Waals surface area (Å²) in [6, 6.07) is 0. The van der Waals surface area contributed by atoms with Crippen molar-refractivity contribution >= 4 is 5.78 Å². The molecule has 0 aliphatic heterocycles. The van der Waals surface area contributed by atoms with Crippen LogP contribution in [0.15, 0.2) is 4.52 Å². The van der Waals surface area contributed by atoms with Crippen molar-refractivity contribution in [2.45, 2.75) is 40.0 Å². The number of aromatic nitrogens is 2. The number of carbonyl (C=O) groups is 1. The Balaban J connectivity index is 2.71. The molecule has 0 aliphatic rings. The Kier molecular flexibility index (Phi) is 3.38. The fraction of sp³-hybridized carbons (Fsp3) is 0.700. The molecule has 0 aliphatic carbocycles. The topological polar surface area (TPSA) is 56.0 Å². The largest absolute Gasteiger partial charge is 0.331 e. The molecule has 0 saturated heterocycles. The summed E-state index contributed by atoms with van der Waals surface area (Å²) in [6.45, 7) is 7.89. The van der Waals surface area contributed by atoms with Crippen LogP contribution in [0.5, 0.6) is 0 Å². The van der Waals surface area contributed by atoms with E-state index in [1.165, 1.54) is 0 Å². The van der Waals surface area contributed by atoms with Crippen molar-refractivity contribution in [3.63, 3.8) is 0 Å². The van der Waals surface area contributed by atoms with Crippen LogP contribution < -0.4 is 0 Å². The Hall–Kier alpha value is -1.19. The molecule has 0 atom stereocenters. The first-order valence-electron chi connectivity index (χ1n) is 4.87. The van der Waals surface area contributed by atoms with Gasteiger partial charge in [-0.2, -0.15) is 4.98 Å². The monoisotopic (exact) mass is 196 g/mol. The fourth-order valence-corrected chi connectivity index (χ4v) is 1.04. The SMILES string of the molecule is CC(C)CC(=O)c1nc(C(C)C)no1. The van der Waals surface area contributed by atoms with Crippen molar-refractivity contribution < 1.29 is 9.32 Å². The summed E-state index contributed by atoms with van der Waals surface area (Å²) in [5, 5.41) is 3.74. The second kappa shape index (κ2) is 4.35. The molecule has 0 unspecified atom stereocenters. The van der Waals surface area contributed by atoms with E-state index in [4.69, 9.17) is 4.52 Å². The second-order valence-electron chi connectivity index (χ2n) is 4.13. The van der Waals surface area contributed by atoms with Crippen LogP contribution in [0, 0.1) is 5.92 Å². The minimum Gasteiger partial charge on any atom is -0.331 e. The molecule has 0 fully saturated rings. The first-order chi connectivity index (χ1) is 6.50. The van der Waals surface area contributed by atoms with Crippen molar-refractivity contribution in [3.05, 3.63) is 11.7 Å². The molecule has 4 heteroatoms. The van der Waals surface area contributed by atoms with E-state index in [9.17, 15) is 4.79 Å². The highest BCUT2D eigenvalue weighted by molar-refractivity contribution is 5.91. The van der Waals surface area contributed by atoms with Gasteiger partial charge in [0, 0.05) is 12.3 Å². The fourth-order valence-electron chi connectivity index (χ4n) is 1.04. The van der Waals surface area contributed by atoms with Gasteiger partial charge in [-0.1, -0.05) is 32.9 Å². The predicted octanol–water partition coefficient (Wildman–Crippen LogP) is 2.42. The van der Waals surface area contributed by atoms with Gasteiger partial charge in [-0.25, -0.2) is 0 Å². The zero-order valence-corrected chi connectivity index (χ0v) is 9.07. The second-order valence-corrected chi connectivity index (χ2v) is 4.13. The molecule has 1 aromatic heterocycles. The summed E-state index contributed by atoms with van der Waals surface area (Å²) in [5.74, 6) is 1.18. The summed E-state index contributed by atoms with van der Waals surface area (Å²) >= 11 is 0. The lowest BCUT2D eigenvalue weighted by molar-refractivity contribution is 0.0924.